The number of aliphatic hydroxyl groups is 7. The molecule has 0 aromatic carbocycles. The monoisotopic (exact) mass is 963 g/mol. The number of hydrogen-bond acceptors (Lipinski definition) is 14. The van der Waals surface area contributed by atoms with Gasteiger partial charge < -0.3 is 64.2 Å². The number of carbonyl (C=O) groups is 1. The first-order chi connectivity index (χ1) is 32.6. The molecule has 2 heterocycles. The van der Waals surface area contributed by atoms with Crippen molar-refractivity contribution in [1.82, 2.24) is 0 Å². The number of carbonyl (C=O) groups excluding carboxylic acids is 1. The number of rotatable bonds is 45. The highest BCUT2D eigenvalue weighted by Gasteiger charge is 2.47. The van der Waals surface area contributed by atoms with Crippen molar-refractivity contribution in [2.45, 2.75) is 300 Å². The van der Waals surface area contributed by atoms with Gasteiger partial charge in [0.1, 0.15) is 54.9 Å². The van der Waals surface area contributed by atoms with Crippen LogP contribution in [0.4, 0.5) is 0 Å². The van der Waals surface area contributed by atoms with Crippen LogP contribution in [0.15, 0.2) is 0 Å². The third kappa shape index (κ3) is 29.2. The second kappa shape index (κ2) is 41.6. The lowest BCUT2D eigenvalue weighted by Gasteiger charge is -2.42. The van der Waals surface area contributed by atoms with Crippen molar-refractivity contribution >= 4 is 5.97 Å². The van der Waals surface area contributed by atoms with E-state index in [0.29, 0.717) is 13.0 Å². The standard InChI is InChI=1S/C53H102O14/c1-3-5-7-9-11-12-13-14-15-16-17-18-19-20-21-22-23-24-25-26-27-28-29-31-33-35-37-62-39-42(65-45(55)36-34-32-30-10-8-6-4-2)40-63-52-51(61)49(59)47(57)44(67-52)41-64-53-50(60)48(58)46(56)43(38-54)66-53/h42-44,46-54,56-61H,3-41H2,1-2H3. The van der Waals surface area contributed by atoms with Crippen LogP contribution in [0, 0.1) is 0 Å². The topological polar surface area (TPSA) is 214 Å². The largest absolute Gasteiger partial charge is 0.457 e. The lowest BCUT2D eigenvalue weighted by Crippen LogP contribution is -2.61. The van der Waals surface area contributed by atoms with Crippen LogP contribution in [-0.4, -0.2) is 142 Å². The Kier molecular flexibility index (Phi) is 38.6. The Hall–Kier alpha value is -1.01. The predicted molar refractivity (Wildman–Crippen MR) is 261 cm³/mol. The third-order valence-electron chi connectivity index (χ3n) is 13.6. The average Bonchev–Trinajstić information content (AvgIpc) is 3.32. The fourth-order valence-corrected chi connectivity index (χ4v) is 9.11. The van der Waals surface area contributed by atoms with Gasteiger partial charge in [0, 0.05) is 13.0 Å². The van der Waals surface area contributed by atoms with Gasteiger partial charge in [-0.3, -0.25) is 4.79 Å². The molecule has 11 atom stereocenters. The van der Waals surface area contributed by atoms with E-state index in [1.165, 1.54) is 167 Å². The molecule has 11 unspecified atom stereocenters. The van der Waals surface area contributed by atoms with E-state index >= 15 is 0 Å². The minimum atomic E-state index is -1.70. The molecule has 14 heteroatoms. The van der Waals surface area contributed by atoms with Gasteiger partial charge in [0.25, 0.3) is 0 Å². The van der Waals surface area contributed by atoms with Gasteiger partial charge in [-0.1, -0.05) is 213 Å². The first kappa shape index (κ1) is 62.1. The van der Waals surface area contributed by atoms with Gasteiger partial charge in [0.05, 0.1) is 26.4 Å². The molecule has 2 saturated heterocycles. The van der Waals surface area contributed by atoms with E-state index in [2.05, 4.69) is 13.8 Å². The highest BCUT2D eigenvalue weighted by molar-refractivity contribution is 5.69. The zero-order valence-corrected chi connectivity index (χ0v) is 42.4. The molecule has 0 bridgehead atoms. The predicted octanol–water partition coefficient (Wildman–Crippen LogP) is 8.86. The molecule has 2 aliphatic heterocycles. The molecule has 0 aliphatic carbocycles. The number of hydrogen-bond donors (Lipinski definition) is 7. The molecule has 2 aliphatic rings. The van der Waals surface area contributed by atoms with Gasteiger partial charge in [-0.25, -0.2) is 0 Å². The summed E-state index contributed by atoms with van der Waals surface area (Å²) >= 11 is 0. The zero-order valence-electron chi connectivity index (χ0n) is 42.4. The Morgan fingerprint density at radius 1 is 0.433 bits per heavy atom. The van der Waals surface area contributed by atoms with Crippen molar-refractivity contribution in [3.8, 4) is 0 Å². The first-order valence-corrected chi connectivity index (χ1v) is 27.6. The number of esters is 1. The Morgan fingerprint density at radius 2 is 0.791 bits per heavy atom. The summed E-state index contributed by atoms with van der Waals surface area (Å²) in [6.45, 7) is 3.68. The third-order valence-corrected chi connectivity index (χ3v) is 13.6. The molecule has 398 valence electrons. The molecule has 0 amide bonds. The smallest absolute Gasteiger partial charge is 0.306 e. The summed E-state index contributed by atoms with van der Waals surface area (Å²) < 4.78 is 34.2. The highest BCUT2D eigenvalue weighted by Crippen LogP contribution is 2.27. The quantitative estimate of drug-likeness (QED) is 0.0224. The van der Waals surface area contributed by atoms with E-state index in [1.807, 2.05) is 0 Å². The maximum atomic E-state index is 12.9. The van der Waals surface area contributed by atoms with E-state index in [0.717, 1.165) is 38.5 Å². The molecule has 14 nitrogen and oxygen atoms in total. The van der Waals surface area contributed by atoms with Gasteiger partial charge in [-0.2, -0.15) is 0 Å². The van der Waals surface area contributed by atoms with E-state index in [9.17, 15) is 40.5 Å². The lowest BCUT2D eigenvalue weighted by molar-refractivity contribution is -0.332. The number of aliphatic hydroxyl groups excluding tert-OH is 7. The zero-order chi connectivity index (χ0) is 48.7. The summed E-state index contributed by atoms with van der Waals surface area (Å²) in [6.07, 6.45) is 26.5. The molecule has 0 radical (unpaired) electrons. The maximum absolute atomic E-state index is 12.9. The van der Waals surface area contributed by atoms with Gasteiger partial charge in [0.15, 0.2) is 12.6 Å². The Bertz CT molecular complexity index is 1120. The summed E-state index contributed by atoms with van der Waals surface area (Å²) in [5.41, 5.74) is 0. The van der Waals surface area contributed by atoms with Crippen LogP contribution in [0.2, 0.25) is 0 Å². The molecule has 0 saturated carbocycles. The van der Waals surface area contributed by atoms with Crippen molar-refractivity contribution in [3.63, 3.8) is 0 Å². The number of ether oxygens (including phenoxy) is 6. The fourth-order valence-electron chi connectivity index (χ4n) is 9.11. The average molecular weight is 963 g/mol. The van der Waals surface area contributed by atoms with Crippen LogP contribution >= 0.6 is 0 Å². The van der Waals surface area contributed by atoms with Crippen molar-refractivity contribution in [3.05, 3.63) is 0 Å². The van der Waals surface area contributed by atoms with E-state index < -0.39 is 80.7 Å². The van der Waals surface area contributed by atoms with E-state index in [1.54, 1.807) is 0 Å². The molecule has 0 aromatic rings. The highest BCUT2D eigenvalue weighted by atomic mass is 16.7. The van der Waals surface area contributed by atoms with Gasteiger partial charge in [0.2, 0.25) is 0 Å². The van der Waals surface area contributed by atoms with Crippen molar-refractivity contribution in [1.29, 1.82) is 0 Å². The van der Waals surface area contributed by atoms with E-state index in [-0.39, 0.29) is 25.6 Å². The second-order valence-electron chi connectivity index (χ2n) is 19.8. The van der Waals surface area contributed by atoms with Crippen LogP contribution in [0.25, 0.3) is 0 Å². The fraction of sp³-hybridized carbons (Fsp3) is 0.981. The van der Waals surface area contributed by atoms with E-state index in [4.69, 9.17) is 28.4 Å². The summed E-state index contributed by atoms with van der Waals surface area (Å²) in [5.74, 6) is -0.377. The van der Waals surface area contributed by atoms with Crippen LogP contribution in [0.5, 0.6) is 0 Å². The van der Waals surface area contributed by atoms with Crippen LogP contribution in [0.3, 0.4) is 0 Å². The SMILES string of the molecule is CCCCCCCCCCCCCCCCCCCCCCCCCCCCOCC(COC1OC(COC2OC(CO)C(O)C(O)C2O)C(O)C(O)C1O)OC(=O)CCCCCCCCC. The Labute approximate surface area is 406 Å². The van der Waals surface area contributed by atoms with Crippen molar-refractivity contribution in [2.75, 3.05) is 33.0 Å². The maximum Gasteiger partial charge on any atom is 0.306 e. The molecule has 0 spiro atoms. The molecule has 7 N–H and O–H groups in total. The molecule has 2 rings (SSSR count). The summed E-state index contributed by atoms with van der Waals surface area (Å²) in [7, 11) is 0. The summed E-state index contributed by atoms with van der Waals surface area (Å²) in [4.78, 5) is 12.9. The Morgan fingerprint density at radius 3 is 1.21 bits per heavy atom. The molecular weight excluding hydrogens is 861 g/mol. The van der Waals surface area contributed by atoms with Crippen LogP contribution in [-0.2, 0) is 33.2 Å². The minimum absolute atomic E-state index is 0.0693. The van der Waals surface area contributed by atoms with Crippen molar-refractivity contribution < 1.29 is 69.0 Å². The molecular formula is C53H102O14. The summed E-state index contributed by atoms with van der Waals surface area (Å²) in [5, 5.41) is 72.0. The van der Waals surface area contributed by atoms with Crippen molar-refractivity contribution in [2.24, 2.45) is 0 Å². The van der Waals surface area contributed by atoms with Crippen LogP contribution in [0.1, 0.15) is 232 Å². The Balaban J connectivity index is 1.60. The lowest BCUT2D eigenvalue weighted by atomic mass is 9.98. The van der Waals surface area contributed by atoms with Gasteiger partial charge in [-0.15, -0.1) is 0 Å². The first-order valence-electron chi connectivity index (χ1n) is 27.6. The molecule has 0 aromatic heterocycles. The van der Waals surface area contributed by atoms with Gasteiger partial charge >= 0.3 is 5.97 Å². The molecule has 2 fully saturated rings. The summed E-state index contributed by atoms with van der Waals surface area (Å²) in [6, 6.07) is 0. The van der Waals surface area contributed by atoms with Crippen LogP contribution < -0.4 is 0 Å². The number of unbranched alkanes of at least 4 members (excludes halogenated alkanes) is 31. The normalized spacial score (nSPS) is 26.0. The molecule has 67 heavy (non-hydrogen) atoms. The minimum Gasteiger partial charge on any atom is -0.457 e. The second-order valence-corrected chi connectivity index (χ2v) is 19.8. The van der Waals surface area contributed by atoms with Gasteiger partial charge in [-0.05, 0) is 12.8 Å².